The summed E-state index contributed by atoms with van der Waals surface area (Å²) in [7, 11) is 0. The van der Waals surface area contributed by atoms with Crippen molar-refractivity contribution in [2.24, 2.45) is 4.99 Å². The van der Waals surface area contributed by atoms with Crippen LogP contribution < -0.4 is 10.3 Å². The van der Waals surface area contributed by atoms with Gasteiger partial charge in [-0.1, -0.05) is 38.1 Å². The van der Waals surface area contributed by atoms with Crippen LogP contribution in [0.4, 0.5) is 11.4 Å². The Hall–Kier alpha value is -5.11. The number of allylic oxidation sites excluding steroid dienone is 4. The number of amides is 1. The van der Waals surface area contributed by atoms with E-state index in [0.29, 0.717) is 11.1 Å². The van der Waals surface area contributed by atoms with Crippen LogP contribution >= 0.6 is 0 Å². The maximum atomic E-state index is 12.6. The number of carbonyl (C=O) groups excluding carboxylic acids is 2. The number of likely N-dealkylation sites (N-methyl/N-ethyl adjacent to an activating group) is 1. The van der Waals surface area contributed by atoms with Crippen molar-refractivity contribution in [2.45, 2.75) is 45.4 Å². The van der Waals surface area contributed by atoms with Crippen molar-refractivity contribution in [1.29, 1.82) is 0 Å². The number of non-ortho nitro benzene ring substituents is 1. The lowest BCUT2D eigenvalue weighted by Gasteiger charge is -2.26. The molecule has 0 radical (unpaired) electrons. The third-order valence-corrected chi connectivity index (χ3v) is 8.34. The molecule has 6 rings (SSSR count). The van der Waals surface area contributed by atoms with E-state index in [4.69, 9.17) is 4.42 Å². The number of carbonyl (C=O) groups is 2. The van der Waals surface area contributed by atoms with Crippen molar-refractivity contribution in [2.75, 3.05) is 11.4 Å². The Morgan fingerprint density at radius 2 is 1.79 bits per heavy atom. The van der Waals surface area contributed by atoms with Gasteiger partial charge >= 0.3 is 5.91 Å². The summed E-state index contributed by atoms with van der Waals surface area (Å²) in [5.41, 5.74) is 6.70. The molecule has 0 saturated carbocycles. The van der Waals surface area contributed by atoms with E-state index in [1.807, 2.05) is 6.07 Å². The Bertz CT molecular complexity index is 1880. The number of anilines is 1. The lowest BCUT2D eigenvalue weighted by molar-refractivity contribution is -0.384. The highest BCUT2D eigenvalue weighted by atomic mass is 16.6. The van der Waals surface area contributed by atoms with Gasteiger partial charge in [0.25, 0.3) is 11.5 Å². The van der Waals surface area contributed by atoms with Crippen LogP contribution in [0.1, 0.15) is 60.9 Å². The molecule has 8 heteroatoms. The highest BCUT2D eigenvalue weighted by molar-refractivity contribution is 6.43. The predicted octanol–water partition coefficient (Wildman–Crippen LogP) is 7.02. The van der Waals surface area contributed by atoms with Crippen LogP contribution in [-0.2, 0) is 16.6 Å². The maximum Gasteiger partial charge on any atom is 0.318 e. The van der Waals surface area contributed by atoms with Gasteiger partial charge in [0.05, 0.1) is 10.3 Å². The minimum Gasteiger partial charge on any atom is -0.456 e. The third-order valence-electron chi connectivity index (χ3n) is 8.34. The molecule has 1 amide bonds. The summed E-state index contributed by atoms with van der Waals surface area (Å²) in [6, 6.07) is 20.7. The molecule has 216 valence electrons. The van der Waals surface area contributed by atoms with Crippen LogP contribution in [0.5, 0.6) is 0 Å². The van der Waals surface area contributed by atoms with Crippen molar-refractivity contribution < 1.29 is 18.9 Å². The Morgan fingerprint density at radius 1 is 1.02 bits per heavy atom. The largest absolute Gasteiger partial charge is 0.456 e. The number of nitro benzene ring substituents is 1. The quantitative estimate of drug-likeness (QED) is 0.110. The van der Waals surface area contributed by atoms with Crippen LogP contribution in [-0.4, -0.2) is 23.2 Å². The molecular weight excluding hydrogens is 542 g/mol. The van der Waals surface area contributed by atoms with Crippen LogP contribution in [0.2, 0.25) is 0 Å². The van der Waals surface area contributed by atoms with E-state index in [1.165, 1.54) is 41.2 Å². The van der Waals surface area contributed by atoms with Gasteiger partial charge in [-0.05, 0) is 85.4 Å². The molecule has 43 heavy (non-hydrogen) atoms. The fraction of sp³-hybridized carbons (Fsp3) is 0.229. The molecule has 2 aromatic carbocycles. The standard InChI is InChI=1S/C35H31N3O5/c1-4-37-29-11-6-5-10-28(29)35(2,3)31(37)19-15-23-8-7-9-25-20-24-12-16-26(21-30(24)43-33(23)25)36-34(40)32(39)22-13-17-27(18-14-22)38(41)42/h5-6,10-21H,4,7-9H2,1-3H3. The lowest BCUT2D eigenvalue weighted by Crippen LogP contribution is -2.25. The maximum absolute atomic E-state index is 12.6. The number of rotatable bonds is 5. The fourth-order valence-electron chi connectivity index (χ4n) is 6.12. The Morgan fingerprint density at radius 3 is 2.53 bits per heavy atom. The molecule has 8 nitrogen and oxygen atoms in total. The molecule has 0 aromatic heterocycles. The van der Waals surface area contributed by atoms with Crippen molar-refractivity contribution in [1.82, 2.24) is 0 Å². The molecule has 2 aromatic rings. The van der Waals surface area contributed by atoms with E-state index in [1.54, 1.807) is 12.1 Å². The number of aryl methyl sites for hydroxylation is 1. The lowest BCUT2D eigenvalue weighted by atomic mass is 9.83. The monoisotopic (exact) mass is 573 g/mol. The van der Waals surface area contributed by atoms with Crippen molar-refractivity contribution in [3.8, 4) is 11.3 Å². The second-order valence-electron chi connectivity index (χ2n) is 11.4. The molecule has 0 bridgehead atoms. The zero-order valence-electron chi connectivity index (χ0n) is 24.3. The summed E-state index contributed by atoms with van der Waals surface area (Å²) in [6.45, 7) is 7.57. The van der Waals surface area contributed by atoms with E-state index in [0.717, 1.165) is 48.3 Å². The number of benzene rings is 3. The number of hydrogen-bond acceptors (Lipinski definition) is 6. The summed E-state index contributed by atoms with van der Waals surface area (Å²) in [6.07, 6.45) is 7.23. The smallest absolute Gasteiger partial charge is 0.318 e. The van der Waals surface area contributed by atoms with Crippen molar-refractivity contribution in [3.63, 3.8) is 0 Å². The van der Waals surface area contributed by atoms with Gasteiger partial charge in [-0.15, -0.1) is 0 Å². The highest BCUT2D eigenvalue weighted by Gasteiger charge is 2.38. The molecule has 0 spiro atoms. The number of hydrogen-bond donors (Lipinski definition) is 0. The van der Waals surface area contributed by atoms with Crippen LogP contribution in [0, 0.1) is 10.1 Å². The molecule has 2 aliphatic heterocycles. The van der Waals surface area contributed by atoms with E-state index in [2.05, 4.69) is 73.1 Å². The van der Waals surface area contributed by atoms with E-state index in [9.17, 15) is 19.7 Å². The van der Waals surface area contributed by atoms with Gasteiger partial charge in [0.2, 0.25) is 0 Å². The Balaban J connectivity index is 1.33. The van der Waals surface area contributed by atoms with Gasteiger partial charge in [-0.3, -0.25) is 19.7 Å². The second kappa shape index (κ2) is 10.9. The first-order chi connectivity index (χ1) is 20.7. The number of nitrogens with zero attached hydrogens (tertiary/aromatic N) is 3. The number of Topliss-reactive ketones (excluding diaryl/α,β-unsaturated/α-hetero) is 1. The van der Waals surface area contributed by atoms with Gasteiger partial charge in [-0.2, -0.15) is 0 Å². The third kappa shape index (κ3) is 5.09. The molecule has 0 saturated heterocycles. The normalized spacial score (nSPS) is 17.7. The summed E-state index contributed by atoms with van der Waals surface area (Å²) in [4.78, 5) is 42.0. The first-order valence-electron chi connectivity index (χ1n) is 14.4. The van der Waals surface area contributed by atoms with Crippen molar-refractivity contribution in [3.05, 3.63) is 129 Å². The van der Waals surface area contributed by atoms with Gasteiger partial charge < -0.3 is 9.32 Å². The van der Waals surface area contributed by atoms with E-state index < -0.39 is 16.6 Å². The van der Waals surface area contributed by atoms with E-state index >= 15 is 0 Å². The number of para-hydroxylation sites is 1. The molecule has 4 aliphatic rings. The fourth-order valence-corrected chi connectivity index (χ4v) is 6.12. The first-order valence-corrected chi connectivity index (χ1v) is 14.4. The van der Waals surface area contributed by atoms with Gasteiger partial charge in [-0.25, -0.2) is 4.99 Å². The summed E-state index contributed by atoms with van der Waals surface area (Å²) in [5, 5.41) is 11.2. The summed E-state index contributed by atoms with van der Waals surface area (Å²) >= 11 is 0. The van der Waals surface area contributed by atoms with Gasteiger partial charge in [0.15, 0.2) is 0 Å². The molecule has 0 fully saturated rings. The van der Waals surface area contributed by atoms with Gasteiger partial charge in [0.1, 0.15) is 11.5 Å². The molecular formula is C35H31N3O5. The average Bonchev–Trinajstić information content (AvgIpc) is 3.23. The molecule has 2 aliphatic carbocycles. The van der Waals surface area contributed by atoms with Crippen LogP contribution in [0.15, 0.2) is 100 Å². The second-order valence-corrected chi connectivity index (χ2v) is 11.4. The zero-order valence-corrected chi connectivity index (χ0v) is 24.3. The first kappa shape index (κ1) is 28.0. The summed E-state index contributed by atoms with van der Waals surface area (Å²) in [5.74, 6) is -0.398. The molecule has 0 unspecified atom stereocenters. The van der Waals surface area contributed by atoms with E-state index in [-0.39, 0.29) is 16.7 Å². The average molecular weight is 574 g/mol. The molecule has 2 heterocycles. The predicted molar refractivity (Wildman–Crippen MR) is 165 cm³/mol. The summed E-state index contributed by atoms with van der Waals surface area (Å²) < 4.78 is 6.45. The molecule has 0 N–H and O–H groups in total. The van der Waals surface area contributed by atoms with Crippen LogP contribution in [0.3, 0.4) is 0 Å². The molecule has 0 atom stereocenters. The topological polar surface area (TPSA) is 106 Å². The Kier molecular flexibility index (Phi) is 7.13. The minimum absolute atomic E-state index is 0.0398. The number of nitro groups is 1. The number of fused-ring (bicyclic) bond motifs is 3. The van der Waals surface area contributed by atoms with Crippen LogP contribution in [0.25, 0.3) is 16.9 Å². The number of ketones is 1. The van der Waals surface area contributed by atoms with Gasteiger partial charge in [0, 0.05) is 52.7 Å². The zero-order chi connectivity index (χ0) is 30.3. The van der Waals surface area contributed by atoms with Crippen molar-refractivity contribution >= 4 is 28.6 Å². The highest BCUT2D eigenvalue weighted by Crippen LogP contribution is 2.47. The minimum atomic E-state index is -0.959. The SMILES string of the molecule is CCN1C(=CC=C2CCCc3cc4ccc(=NC(=O)C(=O)c5ccc([N+](=O)[O-])cc5)cc-4oc32)C(C)(C)c2ccccc21. The Labute approximate surface area is 249 Å².